The van der Waals surface area contributed by atoms with Crippen molar-refractivity contribution in [1.82, 2.24) is 0 Å². The summed E-state index contributed by atoms with van der Waals surface area (Å²) in [4.78, 5) is 0. The van der Waals surface area contributed by atoms with Crippen LogP contribution in [0.5, 0.6) is 0 Å². The van der Waals surface area contributed by atoms with Crippen molar-refractivity contribution >= 4 is 32.3 Å². The Morgan fingerprint density at radius 3 is 1.59 bits per heavy atom. The number of hydrogen-bond acceptors (Lipinski definition) is 0. The average Bonchev–Trinajstić information content (AvgIpc) is 3.59. The van der Waals surface area contributed by atoms with Crippen molar-refractivity contribution in [2.45, 2.75) is 38.5 Å². The zero-order chi connectivity index (χ0) is 36.3. The molecular weight excluding hydrogens is 649 g/mol. The second-order valence-corrected chi connectivity index (χ2v) is 16.4. The van der Waals surface area contributed by atoms with Gasteiger partial charge >= 0.3 is 0 Å². The zero-order valence-corrected chi connectivity index (χ0v) is 31.2. The van der Waals surface area contributed by atoms with Gasteiger partial charge in [0.2, 0.25) is 0 Å². The second-order valence-electron chi connectivity index (χ2n) is 16.4. The van der Waals surface area contributed by atoms with Crippen LogP contribution in [0, 0.1) is 0 Å². The lowest BCUT2D eigenvalue weighted by molar-refractivity contribution is 0.660. The van der Waals surface area contributed by atoms with Gasteiger partial charge in [0.25, 0.3) is 0 Å². The van der Waals surface area contributed by atoms with E-state index in [-0.39, 0.29) is 10.8 Å². The zero-order valence-electron chi connectivity index (χ0n) is 31.2. The van der Waals surface area contributed by atoms with Gasteiger partial charge in [-0.2, -0.15) is 0 Å². The quantitative estimate of drug-likeness (QED) is 0.162. The van der Waals surface area contributed by atoms with Crippen LogP contribution in [-0.2, 0) is 10.8 Å². The summed E-state index contributed by atoms with van der Waals surface area (Å²) in [5.74, 6) is 0. The van der Waals surface area contributed by atoms with Gasteiger partial charge in [-0.15, -0.1) is 0 Å². The smallest absolute Gasteiger partial charge is 0.0165 e. The first-order valence-electron chi connectivity index (χ1n) is 19.3. The lowest BCUT2D eigenvalue weighted by Gasteiger charge is -2.27. The van der Waals surface area contributed by atoms with Gasteiger partial charge in [-0.05, 0) is 116 Å². The van der Waals surface area contributed by atoms with Crippen LogP contribution < -0.4 is 0 Å². The third kappa shape index (κ3) is 4.14. The van der Waals surface area contributed by atoms with Crippen molar-refractivity contribution in [2.24, 2.45) is 0 Å². The third-order valence-electron chi connectivity index (χ3n) is 12.9. The Morgan fingerprint density at radius 1 is 0.296 bits per heavy atom. The van der Waals surface area contributed by atoms with E-state index in [1.807, 2.05) is 0 Å². The number of fused-ring (bicyclic) bond motifs is 9. The summed E-state index contributed by atoms with van der Waals surface area (Å²) in [7, 11) is 0. The maximum absolute atomic E-state index is 2.50. The number of rotatable bonds is 3. The Balaban J connectivity index is 1.30. The Morgan fingerprint density at radius 2 is 0.796 bits per heavy atom. The van der Waals surface area contributed by atoms with E-state index in [0.29, 0.717) is 0 Å². The fraction of sp³-hybridized carbons (Fsp3) is 0.111. The molecule has 0 amide bonds. The SMILES string of the molecule is CC1(C)c2ccccc2-c2c(-c3c4ccccc4c(-c4cccc5c4C(C)(C)c4ccccc4-5)c4ccc(-c5cccc6ccccc56)cc34)cccc21. The van der Waals surface area contributed by atoms with Crippen LogP contribution >= 0.6 is 0 Å². The molecule has 0 aliphatic heterocycles. The molecule has 0 heterocycles. The standard InChI is InChI=1S/C54H40/c1-53(2)47-28-12-10-22-42(47)51-43(25-15-29-48(51)53)50-39-21-8-7-20-38(39)49(44-26-14-24-41-37-19-9-11-27-46(37)54(3,4)52(41)44)40-31-30-34(32-45(40)50)36-23-13-17-33-16-5-6-18-35(33)36/h5-32H,1-4H3. The summed E-state index contributed by atoms with van der Waals surface area (Å²) in [6.07, 6.45) is 0. The molecule has 0 heteroatoms. The van der Waals surface area contributed by atoms with E-state index in [4.69, 9.17) is 0 Å². The fourth-order valence-corrected chi connectivity index (χ4v) is 10.4. The first-order valence-corrected chi connectivity index (χ1v) is 19.3. The molecule has 0 saturated carbocycles. The molecule has 2 aliphatic rings. The molecule has 0 fully saturated rings. The molecule has 11 rings (SSSR count). The monoisotopic (exact) mass is 688 g/mol. The molecule has 0 unspecified atom stereocenters. The van der Waals surface area contributed by atoms with Gasteiger partial charge in [0.05, 0.1) is 0 Å². The molecular formula is C54H40. The van der Waals surface area contributed by atoms with E-state index < -0.39 is 0 Å². The number of benzene rings is 9. The summed E-state index contributed by atoms with van der Waals surface area (Å²) in [5, 5.41) is 7.69. The lowest BCUT2D eigenvalue weighted by Crippen LogP contribution is -2.16. The van der Waals surface area contributed by atoms with Crippen LogP contribution in [0.25, 0.3) is 88.0 Å². The highest BCUT2D eigenvalue weighted by Gasteiger charge is 2.39. The molecule has 2 aliphatic carbocycles. The van der Waals surface area contributed by atoms with Gasteiger partial charge in [-0.3, -0.25) is 0 Å². The van der Waals surface area contributed by atoms with Crippen LogP contribution in [0.3, 0.4) is 0 Å². The van der Waals surface area contributed by atoms with Gasteiger partial charge < -0.3 is 0 Å². The van der Waals surface area contributed by atoms with Gasteiger partial charge in [-0.25, -0.2) is 0 Å². The van der Waals surface area contributed by atoms with E-state index in [2.05, 4.69) is 198 Å². The molecule has 9 aromatic rings. The Kier molecular flexibility index (Phi) is 6.46. The first-order chi connectivity index (χ1) is 26.3. The van der Waals surface area contributed by atoms with Gasteiger partial charge in [-0.1, -0.05) is 191 Å². The molecule has 0 bridgehead atoms. The van der Waals surface area contributed by atoms with Crippen LogP contribution in [0.2, 0.25) is 0 Å². The fourth-order valence-electron chi connectivity index (χ4n) is 10.4. The average molecular weight is 689 g/mol. The maximum atomic E-state index is 2.50. The Labute approximate surface area is 317 Å². The normalized spacial score (nSPS) is 14.6. The predicted octanol–water partition coefficient (Wildman–Crippen LogP) is 14.8. The molecule has 0 nitrogen and oxygen atoms in total. The minimum absolute atomic E-state index is 0.0905. The molecule has 54 heavy (non-hydrogen) atoms. The molecule has 256 valence electrons. The highest BCUT2D eigenvalue weighted by Crippen LogP contribution is 2.57. The summed E-state index contributed by atoms with van der Waals surface area (Å²) in [5.41, 5.74) is 18.5. The van der Waals surface area contributed by atoms with Gasteiger partial charge in [0.1, 0.15) is 0 Å². The third-order valence-corrected chi connectivity index (χ3v) is 12.9. The second kappa shape index (κ2) is 11.1. The van der Waals surface area contributed by atoms with Gasteiger partial charge in [0, 0.05) is 10.8 Å². The van der Waals surface area contributed by atoms with Crippen molar-refractivity contribution in [3.8, 4) is 55.6 Å². The van der Waals surface area contributed by atoms with Crippen LogP contribution in [0.4, 0.5) is 0 Å². The minimum Gasteiger partial charge on any atom is -0.0619 e. The molecule has 0 saturated heterocycles. The molecule has 0 spiro atoms. The van der Waals surface area contributed by atoms with E-state index in [9.17, 15) is 0 Å². The highest BCUT2D eigenvalue weighted by atomic mass is 14.4. The summed E-state index contributed by atoms with van der Waals surface area (Å²) in [6, 6.07) is 64.0. The molecule has 0 atom stereocenters. The maximum Gasteiger partial charge on any atom is 0.0165 e. The first kappa shape index (κ1) is 31.3. The molecule has 0 radical (unpaired) electrons. The summed E-state index contributed by atoms with van der Waals surface area (Å²) >= 11 is 0. The Bertz CT molecular complexity index is 3040. The predicted molar refractivity (Wildman–Crippen MR) is 230 cm³/mol. The van der Waals surface area contributed by atoms with Crippen LogP contribution in [-0.4, -0.2) is 0 Å². The van der Waals surface area contributed by atoms with Crippen LogP contribution in [0.1, 0.15) is 49.9 Å². The van der Waals surface area contributed by atoms with Gasteiger partial charge in [0.15, 0.2) is 0 Å². The summed E-state index contributed by atoms with van der Waals surface area (Å²) < 4.78 is 0. The summed E-state index contributed by atoms with van der Waals surface area (Å²) in [6.45, 7) is 9.58. The lowest BCUT2D eigenvalue weighted by atomic mass is 9.76. The largest absolute Gasteiger partial charge is 0.0619 e. The molecule has 9 aromatic carbocycles. The minimum atomic E-state index is -0.146. The van der Waals surface area contributed by atoms with E-state index in [1.165, 1.54) is 110 Å². The van der Waals surface area contributed by atoms with E-state index in [1.54, 1.807) is 0 Å². The molecule has 0 N–H and O–H groups in total. The van der Waals surface area contributed by atoms with Crippen molar-refractivity contribution < 1.29 is 0 Å². The number of hydrogen-bond donors (Lipinski definition) is 0. The van der Waals surface area contributed by atoms with Crippen molar-refractivity contribution in [2.75, 3.05) is 0 Å². The highest BCUT2D eigenvalue weighted by molar-refractivity contribution is 6.24. The Hall–Kier alpha value is -6.24. The van der Waals surface area contributed by atoms with E-state index in [0.717, 1.165) is 0 Å². The van der Waals surface area contributed by atoms with Crippen molar-refractivity contribution in [3.05, 3.63) is 192 Å². The van der Waals surface area contributed by atoms with Crippen LogP contribution in [0.15, 0.2) is 170 Å². The van der Waals surface area contributed by atoms with Crippen molar-refractivity contribution in [1.29, 1.82) is 0 Å². The van der Waals surface area contributed by atoms with E-state index >= 15 is 0 Å². The van der Waals surface area contributed by atoms with Crippen molar-refractivity contribution in [3.63, 3.8) is 0 Å². The molecule has 0 aromatic heterocycles. The topological polar surface area (TPSA) is 0 Å².